The molecule has 0 unspecified atom stereocenters. The molecule has 27 heavy (non-hydrogen) atoms. The molecule has 1 amide bonds. The molecule has 0 spiro atoms. The molecule has 2 aromatic rings. The molecule has 11 heteroatoms. The molecule has 1 saturated heterocycles. The summed E-state index contributed by atoms with van der Waals surface area (Å²) in [6.45, 7) is 0.780. The van der Waals surface area contributed by atoms with Gasteiger partial charge in [-0.15, -0.1) is 0 Å². The first-order valence-corrected chi connectivity index (χ1v) is 8.27. The van der Waals surface area contributed by atoms with E-state index in [4.69, 9.17) is 11.1 Å². The van der Waals surface area contributed by atoms with Crippen LogP contribution < -0.4 is 0 Å². The van der Waals surface area contributed by atoms with Gasteiger partial charge in [0.15, 0.2) is 0 Å². The molecule has 3 rings (SSSR count). The molecule has 1 fully saturated rings. The zero-order valence-corrected chi connectivity index (χ0v) is 14.4. The Labute approximate surface area is 153 Å². The first-order valence-electron chi connectivity index (χ1n) is 8.27. The lowest BCUT2D eigenvalue weighted by atomic mass is 9.88. The highest BCUT2D eigenvalue weighted by Gasteiger charge is 2.36. The van der Waals surface area contributed by atoms with E-state index in [1.807, 2.05) is 0 Å². The van der Waals surface area contributed by atoms with E-state index in [1.165, 1.54) is 6.07 Å². The number of nitrogens with zero attached hydrogens (tertiary/aromatic N) is 8. The second-order valence-corrected chi connectivity index (χ2v) is 6.26. The topological polar surface area (TPSA) is 167 Å². The number of amides is 1. The van der Waals surface area contributed by atoms with Crippen LogP contribution in [0.25, 0.3) is 20.9 Å². The molecule has 0 aliphatic carbocycles. The van der Waals surface area contributed by atoms with Crippen LogP contribution in [0.3, 0.4) is 0 Å². The van der Waals surface area contributed by atoms with E-state index >= 15 is 0 Å². The number of azide groups is 2. The summed E-state index contributed by atoms with van der Waals surface area (Å²) in [6.07, 6.45) is 2.34. The van der Waals surface area contributed by atoms with Crippen LogP contribution in [0.15, 0.2) is 40.7 Å². The van der Waals surface area contributed by atoms with Crippen molar-refractivity contribution in [2.24, 2.45) is 10.2 Å². The van der Waals surface area contributed by atoms with Crippen LogP contribution in [-0.4, -0.2) is 39.2 Å². The highest BCUT2D eigenvalue weighted by atomic mass is 16.3. The Hall–Kier alpha value is -3.52. The molecule has 1 aliphatic heterocycles. The maximum atomic E-state index is 12.9. The molecule has 1 aliphatic rings. The lowest BCUT2D eigenvalue weighted by Gasteiger charge is -2.37. The summed E-state index contributed by atoms with van der Waals surface area (Å²) >= 11 is 0. The number of aliphatic hydroxyl groups is 1. The van der Waals surface area contributed by atoms with Crippen LogP contribution in [0, 0.1) is 0 Å². The normalized spacial score (nSPS) is 15.5. The van der Waals surface area contributed by atoms with E-state index in [9.17, 15) is 9.90 Å². The second-order valence-electron chi connectivity index (χ2n) is 6.26. The summed E-state index contributed by atoms with van der Waals surface area (Å²) in [7, 11) is 0. The van der Waals surface area contributed by atoms with Gasteiger partial charge >= 0.3 is 0 Å². The summed E-state index contributed by atoms with van der Waals surface area (Å²) in [5, 5.41) is 24.4. The molecule has 138 valence electrons. The van der Waals surface area contributed by atoms with Gasteiger partial charge in [0.2, 0.25) is 0 Å². The van der Waals surface area contributed by atoms with E-state index in [0.717, 1.165) is 0 Å². The van der Waals surface area contributed by atoms with E-state index in [0.29, 0.717) is 42.8 Å². The Bertz CT molecular complexity index is 919. The monoisotopic (exact) mass is 367 g/mol. The highest BCUT2D eigenvalue weighted by molar-refractivity contribution is 5.95. The van der Waals surface area contributed by atoms with Crippen LogP contribution in [0.4, 0.5) is 5.69 Å². The Morgan fingerprint density at radius 1 is 1.30 bits per heavy atom. The molecule has 2 N–H and O–H groups in total. The summed E-state index contributed by atoms with van der Waals surface area (Å²) in [6, 6.07) is 6.40. The second kappa shape index (κ2) is 7.79. The number of aromatic amines is 1. The van der Waals surface area contributed by atoms with Gasteiger partial charge in [-0.05, 0) is 53.7 Å². The third-order valence-corrected chi connectivity index (χ3v) is 4.58. The van der Waals surface area contributed by atoms with E-state index in [-0.39, 0.29) is 18.1 Å². The van der Waals surface area contributed by atoms with Crippen LogP contribution in [0.2, 0.25) is 0 Å². The molecule has 0 bridgehead atoms. The largest absolute Gasteiger partial charge is 0.383 e. The molecule has 2 heterocycles. The fraction of sp³-hybridized carbons (Fsp3) is 0.375. The molecule has 0 atom stereocenters. The van der Waals surface area contributed by atoms with Gasteiger partial charge in [0.05, 0.1) is 12.2 Å². The summed E-state index contributed by atoms with van der Waals surface area (Å²) < 4.78 is 0. The molecule has 1 aromatic carbocycles. The fourth-order valence-corrected chi connectivity index (χ4v) is 3.16. The lowest BCUT2D eigenvalue weighted by Crippen LogP contribution is -2.45. The number of carbonyl (C=O) groups is 1. The minimum atomic E-state index is -1.03. The SMILES string of the molecule is [N-]=[N+]=NCc1cc(N=[N+]=[N-])cc(C(=O)N2CCC(O)(c3ccn[nH]3)CC2)c1. The van der Waals surface area contributed by atoms with Gasteiger partial charge in [0, 0.05) is 40.4 Å². The van der Waals surface area contributed by atoms with Crippen molar-refractivity contribution in [3.8, 4) is 0 Å². The average Bonchev–Trinajstić information content (AvgIpc) is 3.22. The van der Waals surface area contributed by atoms with Crippen molar-refractivity contribution in [3.63, 3.8) is 0 Å². The van der Waals surface area contributed by atoms with Crippen molar-refractivity contribution in [2.75, 3.05) is 13.1 Å². The number of rotatable bonds is 5. The first kappa shape index (κ1) is 18.3. The van der Waals surface area contributed by atoms with Crippen molar-refractivity contribution >= 4 is 11.6 Å². The summed E-state index contributed by atoms with van der Waals surface area (Å²) in [5.41, 5.74) is 17.9. The van der Waals surface area contributed by atoms with E-state index in [1.54, 1.807) is 29.3 Å². The molecular weight excluding hydrogens is 350 g/mol. The van der Waals surface area contributed by atoms with Crippen LogP contribution in [0.5, 0.6) is 0 Å². The smallest absolute Gasteiger partial charge is 0.253 e. The average molecular weight is 367 g/mol. The third kappa shape index (κ3) is 4.01. The van der Waals surface area contributed by atoms with Crippen molar-refractivity contribution in [1.82, 2.24) is 15.1 Å². The van der Waals surface area contributed by atoms with E-state index in [2.05, 4.69) is 30.2 Å². The molecule has 1 aromatic heterocycles. The van der Waals surface area contributed by atoms with Crippen molar-refractivity contribution in [1.29, 1.82) is 0 Å². The van der Waals surface area contributed by atoms with Crippen LogP contribution >= 0.6 is 0 Å². The number of hydrogen-bond donors (Lipinski definition) is 2. The number of carbonyl (C=O) groups excluding carboxylic acids is 1. The molecular formula is C16H17N9O2. The van der Waals surface area contributed by atoms with Gasteiger partial charge in [-0.3, -0.25) is 9.89 Å². The van der Waals surface area contributed by atoms with Gasteiger partial charge < -0.3 is 10.0 Å². The van der Waals surface area contributed by atoms with Crippen LogP contribution in [-0.2, 0) is 12.1 Å². The number of piperidine rings is 1. The number of likely N-dealkylation sites (tertiary alicyclic amines) is 1. The standard InChI is InChI=1S/C16H17N9O2/c17-23-20-10-11-7-12(9-13(8-11)21-24-18)15(26)25-5-2-16(27,3-6-25)14-1-4-19-22-14/h1,4,7-9,27H,2-3,5-6,10H2,(H,19,22). The Kier molecular flexibility index (Phi) is 5.28. The highest BCUT2D eigenvalue weighted by Crippen LogP contribution is 2.32. The number of H-pyrrole nitrogens is 1. The third-order valence-electron chi connectivity index (χ3n) is 4.58. The van der Waals surface area contributed by atoms with Crippen molar-refractivity contribution in [2.45, 2.75) is 25.0 Å². The van der Waals surface area contributed by atoms with Gasteiger partial charge in [0.1, 0.15) is 5.60 Å². The predicted molar refractivity (Wildman–Crippen MR) is 95.7 cm³/mol. The van der Waals surface area contributed by atoms with Crippen molar-refractivity contribution in [3.05, 3.63) is 68.2 Å². The first-order chi connectivity index (χ1) is 13.1. The minimum Gasteiger partial charge on any atom is -0.383 e. The maximum Gasteiger partial charge on any atom is 0.253 e. The molecule has 11 nitrogen and oxygen atoms in total. The Balaban J connectivity index is 1.78. The Morgan fingerprint density at radius 2 is 2.07 bits per heavy atom. The zero-order chi connectivity index (χ0) is 19.3. The summed E-state index contributed by atoms with van der Waals surface area (Å²) in [4.78, 5) is 19.9. The molecule has 0 radical (unpaired) electrons. The van der Waals surface area contributed by atoms with E-state index < -0.39 is 5.60 Å². The minimum absolute atomic E-state index is 0.0468. The zero-order valence-electron chi connectivity index (χ0n) is 14.4. The van der Waals surface area contributed by atoms with Crippen LogP contribution in [0.1, 0.15) is 34.5 Å². The van der Waals surface area contributed by atoms with Gasteiger partial charge in [-0.2, -0.15) is 5.10 Å². The predicted octanol–water partition coefficient (Wildman–Crippen LogP) is 3.29. The number of nitrogens with one attached hydrogen (secondary N) is 1. The van der Waals surface area contributed by atoms with Gasteiger partial charge in [-0.1, -0.05) is 10.2 Å². The Morgan fingerprint density at radius 3 is 2.70 bits per heavy atom. The number of benzene rings is 1. The van der Waals surface area contributed by atoms with Gasteiger partial charge in [-0.25, -0.2) is 0 Å². The quantitative estimate of drug-likeness (QED) is 0.471. The maximum absolute atomic E-state index is 12.9. The number of hydrogen-bond acceptors (Lipinski definition) is 5. The lowest BCUT2D eigenvalue weighted by molar-refractivity contribution is -0.0244. The molecule has 0 saturated carbocycles. The summed E-state index contributed by atoms with van der Waals surface area (Å²) in [5.74, 6) is -0.237. The van der Waals surface area contributed by atoms with Crippen molar-refractivity contribution < 1.29 is 9.90 Å². The fourth-order valence-electron chi connectivity index (χ4n) is 3.16. The van der Waals surface area contributed by atoms with Gasteiger partial charge in [0.25, 0.3) is 5.91 Å². The number of aromatic nitrogens is 2.